The number of carbonyl (C=O) groups is 1. The van der Waals surface area contributed by atoms with Crippen molar-refractivity contribution in [2.24, 2.45) is 0 Å². The summed E-state index contributed by atoms with van der Waals surface area (Å²) in [5.74, 6) is 0.0983. The highest BCUT2D eigenvalue weighted by Gasteiger charge is 2.37. The van der Waals surface area contributed by atoms with E-state index in [0.717, 1.165) is 44.7 Å². The van der Waals surface area contributed by atoms with Crippen LogP contribution >= 0.6 is 0 Å². The summed E-state index contributed by atoms with van der Waals surface area (Å²) < 4.78 is 4.88. The van der Waals surface area contributed by atoms with Crippen LogP contribution in [-0.2, 0) is 5.41 Å². The van der Waals surface area contributed by atoms with Gasteiger partial charge in [-0.15, -0.1) is 0 Å². The second-order valence-corrected chi connectivity index (χ2v) is 17.6. The van der Waals surface area contributed by atoms with Crippen molar-refractivity contribution < 1.29 is 4.79 Å². The van der Waals surface area contributed by atoms with Crippen LogP contribution in [0.5, 0.6) is 0 Å². The largest absolute Gasteiger partial charge is 0.309 e. The van der Waals surface area contributed by atoms with Crippen LogP contribution in [0.2, 0.25) is 0 Å². The maximum absolute atomic E-state index is 13.9. The molecule has 0 bridgehead atoms. The molecule has 12 aromatic rings. The van der Waals surface area contributed by atoms with Crippen LogP contribution in [0.3, 0.4) is 0 Å². The maximum Gasteiger partial charge on any atom is 0.193 e. The molecule has 0 radical (unpaired) electrons. The van der Waals surface area contributed by atoms with Gasteiger partial charge in [0, 0.05) is 54.5 Å². The van der Waals surface area contributed by atoms with E-state index < -0.39 is 0 Å². The zero-order chi connectivity index (χ0) is 42.0. The molecule has 2 heterocycles. The number of ketones is 1. The fraction of sp³-hybridized carbons (Fsp3) is 0.0500. The molecule has 63 heavy (non-hydrogen) atoms. The third-order valence-corrected chi connectivity index (χ3v) is 13.9. The Kier molecular flexibility index (Phi) is 7.51. The van der Waals surface area contributed by atoms with Gasteiger partial charge in [-0.2, -0.15) is 0 Å². The number of fused-ring (bicyclic) bond motifs is 10. The number of carbonyl (C=O) groups excluding carboxylic acids is 1. The van der Waals surface area contributed by atoms with Gasteiger partial charge in [0.1, 0.15) is 0 Å². The average Bonchev–Trinajstić information content (AvgIpc) is 3.84. The van der Waals surface area contributed by atoms with Crippen LogP contribution < -0.4 is 0 Å². The highest BCUT2D eigenvalue weighted by Crippen LogP contribution is 2.48. The van der Waals surface area contributed by atoms with Crippen molar-refractivity contribution >= 4 is 70.9 Å². The second kappa shape index (κ2) is 13.2. The first-order valence-corrected chi connectivity index (χ1v) is 21.8. The Morgan fingerprint density at radius 3 is 1.59 bits per heavy atom. The SMILES string of the molecule is CC1(C)c2ccccc2C(=O)c2ccc(-c3c4ccccc4c(-n4c5ccccc5c5ccc(-c6ccc7c(c6)c6ccccc6n7-c6ccccc6)cc54)c4ccccc34)cc21. The highest BCUT2D eigenvalue weighted by molar-refractivity contribution is 6.22. The Morgan fingerprint density at radius 1 is 0.349 bits per heavy atom. The van der Waals surface area contributed by atoms with Crippen molar-refractivity contribution in [3.05, 3.63) is 229 Å². The molecule has 0 atom stereocenters. The molecular weight excluding hydrogens is 765 g/mol. The predicted octanol–water partition coefficient (Wildman–Crippen LogP) is 15.4. The van der Waals surface area contributed by atoms with Crippen molar-refractivity contribution in [2.45, 2.75) is 19.3 Å². The minimum absolute atomic E-state index is 0.0983. The molecule has 3 heteroatoms. The lowest BCUT2D eigenvalue weighted by Crippen LogP contribution is -2.30. The van der Waals surface area contributed by atoms with E-state index in [0.29, 0.717) is 0 Å². The summed E-state index contributed by atoms with van der Waals surface area (Å²) in [5.41, 5.74) is 15.1. The molecule has 10 aromatic carbocycles. The fourth-order valence-corrected chi connectivity index (χ4v) is 11.0. The van der Waals surface area contributed by atoms with Gasteiger partial charge in [0.25, 0.3) is 0 Å². The van der Waals surface area contributed by atoms with Gasteiger partial charge in [-0.25, -0.2) is 0 Å². The van der Waals surface area contributed by atoms with Crippen molar-refractivity contribution in [3.63, 3.8) is 0 Å². The summed E-state index contributed by atoms with van der Waals surface area (Å²) in [6.07, 6.45) is 0. The van der Waals surface area contributed by atoms with Crippen LogP contribution in [0.25, 0.3) is 98.8 Å². The third-order valence-electron chi connectivity index (χ3n) is 13.9. The highest BCUT2D eigenvalue weighted by atomic mass is 16.1. The zero-order valence-corrected chi connectivity index (χ0v) is 34.9. The molecule has 0 saturated heterocycles. The minimum atomic E-state index is -0.342. The summed E-state index contributed by atoms with van der Waals surface area (Å²) >= 11 is 0. The van der Waals surface area contributed by atoms with Crippen molar-refractivity contribution in [1.29, 1.82) is 0 Å². The number of rotatable bonds is 4. The summed E-state index contributed by atoms with van der Waals surface area (Å²) in [6, 6.07) is 74.5. The van der Waals surface area contributed by atoms with Gasteiger partial charge < -0.3 is 9.13 Å². The molecule has 0 saturated carbocycles. The summed E-state index contributed by atoms with van der Waals surface area (Å²) in [4.78, 5) is 13.9. The molecule has 2 aromatic heterocycles. The average molecular weight is 805 g/mol. The molecule has 0 amide bonds. The molecule has 3 nitrogen and oxygen atoms in total. The van der Waals surface area contributed by atoms with Gasteiger partial charge in [-0.05, 0) is 92.7 Å². The smallest absolute Gasteiger partial charge is 0.193 e. The topological polar surface area (TPSA) is 26.9 Å². The molecule has 0 fully saturated rings. The predicted molar refractivity (Wildman–Crippen MR) is 263 cm³/mol. The van der Waals surface area contributed by atoms with Gasteiger partial charge >= 0.3 is 0 Å². The number of aromatic nitrogens is 2. The standard InChI is InChI=1S/C60H40N2O/c1-60(2)51-25-13-10-24-48(51)59(63)49-32-29-39(35-52(49)60)57-44-20-6-8-22-46(44)58(47-23-9-7-21-45(47)57)62-54-27-15-11-18-41(54)43-31-28-38(36-56(43)62)37-30-33-55-50(34-37)42-19-12-14-26-53(42)61(55)40-16-4-3-5-17-40/h3-36H,1-2H3. The van der Waals surface area contributed by atoms with E-state index in [1.807, 2.05) is 18.2 Å². The van der Waals surface area contributed by atoms with E-state index in [1.54, 1.807) is 0 Å². The van der Waals surface area contributed by atoms with Gasteiger partial charge in [0.2, 0.25) is 0 Å². The van der Waals surface area contributed by atoms with Gasteiger partial charge in [-0.1, -0.05) is 172 Å². The van der Waals surface area contributed by atoms with Crippen LogP contribution in [0.15, 0.2) is 206 Å². The molecule has 0 spiro atoms. The van der Waals surface area contributed by atoms with Crippen molar-refractivity contribution in [1.82, 2.24) is 9.13 Å². The van der Waals surface area contributed by atoms with Crippen LogP contribution in [0, 0.1) is 0 Å². The molecule has 1 aliphatic rings. The van der Waals surface area contributed by atoms with Crippen LogP contribution in [0.4, 0.5) is 0 Å². The number of hydrogen-bond donors (Lipinski definition) is 0. The first kappa shape index (κ1) is 35.7. The van der Waals surface area contributed by atoms with E-state index in [1.165, 1.54) is 76.3 Å². The quantitative estimate of drug-likeness (QED) is 0.163. The molecule has 0 unspecified atom stereocenters. The first-order valence-electron chi connectivity index (χ1n) is 21.8. The number of nitrogens with zero attached hydrogens (tertiary/aromatic N) is 2. The Morgan fingerprint density at radius 2 is 0.857 bits per heavy atom. The van der Waals surface area contributed by atoms with Crippen LogP contribution in [-0.4, -0.2) is 14.9 Å². The molecule has 1 aliphatic carbocycles. The zero-order valence-electron chi connectivity index (χ0n) is 34.9. The Labute approximate surface area is 364 Å². The maximum atomic E-state index is 13.9. The van der Waals surface area contributed by atoms with E-state index >= 15 is 0 Å². The van der Waals surface area contributed by atoms with E-state index in [2.05, 4.69) is 211 Å². The Bertz CT molecular complexity index is 3840. The van der Waals surface area contributed by atoms with E-state index in [9.17, 15) is 4.79 Å². The van der Waals surface area contributed by atoms with Gasteiger partial charge in [0.05, 0.1) is 27.8 Å². The Balaban J connectivity index is 1.05. The van der Waals surface area contributed by atoms with Crippen molar-refractivity contribution in [3.8, 4) is 33.6 Å². The number of hydrogen-bond acceptors (Lipinski definition) is 1. The monoisotopic (exact) mass is 804 g/mol. The second-order valence-electron chi connectivity index (χ2n) is 17.6. The molecule has 0 aliphatic heterocycles. The minimum Gasteiger partial charge on any atom is -0.309 e. The van der Waals surface area contributed by atoms with E-state index in [4.69, 9.17) is 0 Å². The van der Waals surface area contributed by atoms with E-state index in [-0.39, 0.29) is 11.2 Å². The molecule has 296 valence electrons. The fourth-order valence-electron chi connectivity index (χ4n) is 11.0. The van der Waals surface area contributed by atoms with Crippen LogP contribution in [0.1, 0.15) is 40.9 Å². The summed E-state index contributed by atoms with van der Waals surface area (Å²) in [5, 5.41) is 9.61. The molecular formula is C60H40N2O. The Hall–Kier alpha value is -8.01. The molecule has 13 rings (SSSR count). The summed E-state index contributed by atoms with van der Waals surface area (Å²) in [7, 11) is 0. The number of para-hydroxylation sites is 3. The summed E-state index contributed by atoms with van der Waals surface area (Å²) in [6.45, 7) is 4.50. The lowest BCUT2D eigenvalue weighted by Gasteiger charge is -2.34. The van der Waals surface area contributed by atoms with Gasteiger partial charge in [0.15, 0.2) is 5.78 Å². The lowest BCUT2D eigenvalue weighted by atomic mass is 9.68. The normalized spacial score (nSPS) is 13.4. The third kappa shape index (κ3) is 5.05. The first-order chi connectivity index (χ1) is 31.0. The van der Waals surface area contributed by atoms with Gasteiger partial charge in [-0.3, -0.25) is 4.79 Å². The number of benzene rings is 10. The molecule has 0 N–H and O–H groups in total. The van der Waals surface area contributed by atoms with Crippen molar-refractivity contribution in [2.75, 3.05) is 0 Å². The lowest BCUT2D eigenvalue weighted by molar-refractivity contribution is 0.103.